The van der Waals surface area contributed by atoms with E-state index in [0.29, 0.717) is 5.75 Å². The van der Waals surface area contributed by atoms with E-state index in [1.165, 1.54) is 17.3 Å². The third-order valence-corrected chi connectivity index (χ3v) is 4.30. The Labute approximate surface area is 143 Å². The number of carbonyl (C=O) groups is 1. The number of rotatable bonds is 5. The quantitative estimate of drug-likeness (QED) is 0.293. The number of alkyl halides is 1. The molecule has 1 aromatic heterocycles. The highest BCUT2D eigenvalue weighted by Crippen LogP contribution is 2.31. The Kier molecular flexibility index (Phi) is 5.03. The molecule has 0 unspecified atom stereocenters. The van der Waals surface area contributed by atoms with Gasteiger partial charge in [0.05, 0.1) is 5.69 Å². The molecule has 1 heterocycles. The van der Waals surface area contributed by atoms with Crippen molar-refractivity contribution in [3.63, 3.8) is 0 Å². The predicted octanol–water partition coefficient (Wildman–Crippen LogP) is 3.58. The smallest absolute Gasteiger partial charge is 0.326 e. The number of esters is 1. The Bertz CT molecular complexity index is 739. The number of ether oxygens (including phenoxy) is 1. The topological polar surface area (TPSA) is 64.1 Å². The van der Waals surface area contributed by atoms with Crippen molar-refractivity contribution in [3.05, 3.63) is 35.5 Å². The molecule has 0 spiro atoms. The number of hydrogen-bond acceptors (Lipinski definition) is 6. The number of aryl methyl sites for hydroxylation is 1. The molecule has 0 amide bonds. The van der Waals surface area contributed by atoms with Crippen LogP contribution < -0.4 is 10.1 Å². The minimum Gasteiger partial charge on any atom is -0.426 e. The fourth-order valence-electron chi connectivity index (χ4n) is 2.54. The molecule has 0 aliphatic heterocycles. The molecule has 3 rings (SSSR count). The number of nitrogens with zero attached hydrogens (tertiary/aromatic N) is 2. The molecule has 0 saturated carbocycles. The van der Waals surface area contributed by atoms with Gasteiger partial charge in [-0.05, 0) is 37.7 Å². The lowest BCUT2D eigenvalue weighted by Gasteiger charge is -2.12. The van der Waals surface area contributed by atoms with Crippen molar-refractivity contribution in [1.29, 1.82) is 0 Å². The van der Waals surface area contributed by atoms with Crippen LogP contribution >= 0.6 is 23.4 Å². The maximum Gasteiger partial charge on any atom is 0.326 e. The highest BCUT2D eigenvalue weighted by Gasteiger charge is 2.19. The number of anilines is 2. The number of fused-ring (bicyclic) bond motifs is 1. The van der Waals surface area contributed by atoms with E-state index in [9.17, 15) is 4.79 Å². The first-order valence-electron chi connectivity index (χ1n) is 7.27. The third kappa shape index (κ3) is 3.76. The van der Waals surface area contributed by atoms with E-state index in [1.54, 1.807) is 12.1 Å². The zero-order chi connectivity index (χ0) is 16.2. The highest BCUT2D eigenvalue weighted by atomic mass is 35.5. The fourth-order valence-corrected chi connectivity index (χ4v) is 2.98. The summed E-state index contributed by atoms with van der Waals surface area (Å²) in [6, 6.07) is 7.19. The van der Waals surface area contributed by atoms with Crippen LogP contribution in [0.2, 0.25) is 0 Å². The van der Waals surface area contributed by atoms with Crippen molar-refractivity contribution in [2.75, 3.05) is 17.5 Å². The summed E-state index contributed by atoms with van der Waals surface area (Å²) in [6.45, 7) is 0. The third-order valence-electron chi connectivity index (χ3n) is 3.53. The lowest BCUT2D eigenvalue weighted by atomic mass is 10.2. The Balaban J connectivity index is 1.86. The second kappa shape index (κ2) is 7.19. The normalized spacial score (nSPS) is 12.8. The van der Waals surface area contributed by atoms with Gasteiger partial charge in [0.2, 0.25) is 0 Å². The molecule has 1 aliphatic rings. The van der Waals surface area contributed by atoms with Crippen LogP contribution in [0, 0.1) is 0 Å². The Morgan fingerprint density at radius 3 is 3.04 bits per heavy atom. The maximum absolute atomic E-state index is 11.3. The van der Waals surface area contributed by atoms with Crippen LogP contribution in [0.25, 0.3) is 0 Å². The summed E-state index contributed by atoms with van der Waals surface area (Å²) in [6.07, 6.45) is 5.04. The SMILES string of the molecule is CSc1nc2c(c(Nc3cccc(OC(=O)CCl)c3)n1)CCC2. The van der Waals surface area contributed by atoms with Crippen LogP contribution in [0.3, 0.4) is 0 Å². The van der Waals surface area contributed by atoms with Gasteiger partial charge in [-0.1, -0.05) is 17.8 Å². The van der Waals surface area contributed by atoms with Crippen LogP contribution in [0.1, 0.15) is 17.7 Å². The monoisotopic (exact) mass is 349 g/mol. The van der Waals surface area contributed by atoms with Gasteiger partial charge >= 0.3 is 5.97 Å². The molecule has 0 radical (unpaired) electrons. The van der Waals surface area contributed by atoms with Gasteiger partial charge < -0.3 is 10.1 Å². The molecular weight excluding hydrogens is 334 g/mol. The van der Waals surface area contributed by atoms with E-state index in [-0.39, 0.29) is 5.88 Å². The van der Waals surface area contributed by atoms with Gasteiger partial charge in [-0.15, -0.1) is 11.6 Å². The minimum absolute atomic E-state index is 0.172. The molecule has 1 aliphatic carbocycles. The number of carbonyl (C=O) groups excluding carboxylic acids is 1. The largest absolute Gasteiger partial charge is 0.426 e. The van der Waals surface area contributed by atoms with Gasteiger partial charge in [-0.25, -0.2) is 9.97 Å². The summed E-state index contributed by atoms with van der Waals surface area (Å²) < 4.78 is 5.13. The van der Waals surface area contributed by atoms with E-state index < -0.39 is 5.97 Å². The van der Waals surface area contributed by atoms with Gasteiger partial charge in [-0.2, -0.15) is 0 Å². The summed E-state index contributed by atoms with van der Waals surface area (Å²) in [5.41, 5.74) is 3.10. The average molecular weight is 350 g/mol. The molecule has 0 saturated heterocycles. The van der Waals surface area contributed by atoms with E-state index in [0.717, 1.165) is 41.6 Å². The second-order valence-corrected chi connectivity index (χ2v) is 6.14. The number of hydrogen-bond donors (Lipinski definition) is 1. The van der Waals surface area contributed by atoms with Crippen molar-refractivity contribution in [3.8, 4) is 5.75 Å². The summed E-state index contributed by atoms with van der Waals surface area (Å²) in [4.78, 5) is 20.4. The predicted molar refractivity (Wildman–Crippen MR) is 91.9 cm³/mol. The van der Waals surface area contributed by atoms with Crippen molar-refractivity contribution in [2.24, 2.45) is 0 Å². The molecule has 1 N–H and O–H groups in total. The Morgan fingerprint density at radius 2 is 2.26 bits per heavy atom. The number of nitrogens with one attached hydrogen (secondary N) is 1. The van der Waals surface area contributed by atoms with Crippen molar-refractivity contribution in [1.82, 2.24) is 9.97 Å². The summed E-state index contributed by atoms with van der Waals surface area (Å²) in [5.74, 6) is 0.638. The standard InChI is InChI=1S/C16H16ClN3O2S/c1-23-16-19-13-7-3-6-12(13)15(20-16)18-10-4-2-5-11(8-10)22-14(21)9-17/h2,4-5,8H,3,6-7,9H2,1H3,(H,18,19,20). The van der Waals surface area contributed by atoms with Crippen LogP contribution in [-0.4, -0.2) is 28.1 Å². The average Bonchev–Trinajstić information content (AvgIpc) is 3.03. The Hall–Kier alpha value is -1.79. The summed E-state index contributed by atoms with van der Waals surface area (Å²) >= 11 is 6.99. The van der Waals surface area contributed by atoms with Crippen LogP contribution in [0.5, 0.6) is 5.75 Å². The van der Waals surface area contributed by atoms with Crippen molar-refractivity contribution >= 4 is 40.8 Å². The molecule has 120 valence electrons. The second-order valence-electron chi connectivity index (χ2n) is 5.10. The van der Waals surface area contributed by atoms with Gasteiger partial charge in [0.15, 0.2) is 5.16 Å². The first-order chi connectivity index (χ1) is 11.2. The molecule has 1 aromatic carbocycles. The lowest BCUT2D eigenvalue weighted by Crippen LogP contribution is -2.09. The minimum atomic E-state index is -0.476. The summed E-state index contributed by atoms with van der Waals surface area (Å²) in [5, 5.41) is 4.08. The molecule has 0 atom stereocenters. The number of halogens is 1. The van der Waals surface area contributed by atoms with Crippen LogP contribution in [0.15, 0.2) is 29.4 Å². The fraction of sp³-hybridized carbons (Fsp3) is 0.312. The zero-order valence-corrected chi connectivity index (χ0v) is 14.2. The highest BCUT2D eigenvalue weighted by molar-refractivity contribution is 7.98. The van der Waals surface area contributed by atoms with Gasteiger partial charge in [0, 0.05) is 17.3 Å². The molecule has 2 aromatic rings. The van der Waals surface area contributed by atoms with Gasteiger partial charge in [0.25, 0.3) is 0 Å². The number of aromatic nitrogens is 2. The molecular formula is C16H16ClN3O2S. The molecule has 0 fully saturated rings. The maximum atomic E-state index is 11.3. The van der Waals surface area contributed by atoms with Crippen molar-refractivity contribution in [2.45, 2.75) is 24.4 Å². The zero-order valence-electron chi connectivity index (χ0n) is 12.6. The van der Waals surface area contributed by atoms with Gasteiger partial charge in [0.1, 0.15) is 17.4 Å². The summed E-state index contributed by atoms with van der Waals surface area (Å²) in [7, 11) is 0. The van der Waals surface area contributed by atoms with Crippen LogP contribution in [-0.2, 0) is 17.6 Å². The first kappa shape index (κ1) is 16.1. The first-order valence-corrected chi connectivity index (χ1v) is 9.03. The molecule has 0 bridgehead atoms. The Morgan fingerprint density at radius 1 is 1.39 bits per heavy atom. The molecule has 5 nitrogen and oxygen atoms in total. The van der Waals surface area contributed by atoms with E-state index in [2.05, 4.69) is 15.3 Å². The van der Waals surface area contributed by atoms with E-state index >= 15 is 0 Å². The molecule has 23 heavy (non-hydrogen) atoms. The van der Waals surface area contributed by atoms with Crippen LogP contribution in [0.4, 0.5) is 11.5 Å². The van der Waals surface area contributed by atoms with Gasteiger partial charge in [-0.3, -0.25) is 4.79 Å². The van der Waals surface area contributed by atoms with E-state index in [4.69, 9.17) is 16.3 Å². The number of benzene rings is 1. The lowest BCUT2D eigenvalue weighted by molar-refractivity contribution is -0.131. The van der Waals surface area contributed by atoms with Crippen molar-refractivity contribution < 1.29 is 9.53 Å². The molecule has 7 heteroatoms. The van der Waals surface area contributed by atoms with E-state index in [1.807, 2.05) is 18.4 Å². The number of thioether (sulfide) groups is 1.